The summed E-state index contributed by atoms with van der Waals surface area (Å²) in [6.45, 7) is 4.25. The molecule has 1 amide bonds. The molecule has 0 fully saturated rings. The van der Waals surface area contributed by atoms with E-state index in [1.807, 2.05) is 12.1 Å². The minimum atomic E-state index is -0.0901. The van der Waals surface area contributed by atoms with Crippen molar-refractivity contribution in [1.82, 2.24) is 15.2 Å². The Balaban J connectivity index is 1.80. The van der Waals surface area contributed by atoms with Crippen LogP contribution in [-0.2, 0) is 11.2 Å². The molecular weight excluding hydrogens is 274 g/mol. The number of carbonyl (C=O) groups is 1. The number of carbonyl (C=O) groups excluding carboxylic acids is 1. The molecule has 2 rings (SSSR count). The smallest absolute Gasteiger partial charge is 0.262 e. The number of amides is 1. The van der Waals surface area contributed by atoms with Crippen LogP contribution in [0.5, 0.6) is 0 Å². The predicted octanol–water partition coefficient (Wildman–Crippen LogP) is 1.55. The second-order valence-corrected chi connectivity index (χ2v) is 5.72. The maximum Gasteiger partial charge on any atom is 0.317 e. The highest BCUT2D eigenvalue weighted by Crippen LogP contribution is 2.13. The molecule has 0 saturated heterocycles. The van der Waals surface area contributed by atoms with E-state index in [2.05, 4.69) is 39.3 Å². The molecule has 0 spiro atoms. The van der Waals surface area contributed by atoms with Crippen LogP contribution in [0.25, 0.3) is 0 Å². The number of anilines is 1. The standard InChI is InChI=1S/C13H17N5OS/c1-9(2)7-11-16-13(18-17-11)20-8-12(19)15-10-5-3-4-6-14-10/h3-6,9H,7-8H2,1-2H3,(H,14,15,19)(H,16,17,18)/p+1. The van der Waals surface area contributed by atoms with Gasteiger partial charge in [-0.15, -0.1) is 5.10 Å². The van der Waals surface area contributed by atoms with Crippen LogP contribution in [0.4, 0.5) is 5.82 Å². The maximum absolute atomic E-state index is 11.8. The van der Waals surface area contributed by atoms with Gasteiger partial charge in [0.2, 0.25) is 5.16 Å². The van der Waals surface area contributed by atoms with E-state index in [4.69, 9.17) is 0 Å². The molecule has 0 aliphatic rings. The number of hydrogen-bond donors (Lipinski definition) is 2. The van der Waals surface area contributed by atoms with Crippen molar-refractivity contribution >= 4 is 23.5 Å². The zero-order valence-corrected chi connectivity index (χ0v) is 12.3. The zero-order valence-electron chi connectivity index (χ0n) is 11.5. The minimum Gasteiger partial charge on any atom is -0.262 e. The van der Waals surface area contributed by atoms with E-state index >= 15 is 0 Å². The summed E-state index contributed by atoms with van der Waals surface area (Å²) in [7, 11) is 0. The van der Waals surface area contributed by atoms with Gasteiger partial charge in [-0.25, -0.2) is 20.1 Å². The van der Waals surface area contributed by atoms with Gasteiger partial charge in [0.25, 0.3) is 5.82 Å². The Morgan fingerprint density at radius 2 is 2.35 bits per heavy atom. The van der Waals surface area contributed by atoms with Crippen molar-refractivity contribution in [1.29, 1.82) is 0 Å². The molecule has 2 aromatic rings. The summed E-state index contributed by atoms with van der Waals surface area (Å²) < 4.78 is 0. The van der Waals surface area contributed by atoms with Crippen molar-refractivity contribution in [3.05, 3.63) is 30.2 Å². The molecule has 0 aliphatic heterocycles. The zero-order chi connectivity index (χ0) is 14.4. The van der Waals surface area contributed by atoms with Gasteiger partial charge in [-0.3, -0.25) is 5.10 Å². The summed E-state index contributed by atoms with van der Waals surface area (Å²) in [5.74, 6) is 2.25. The third kappa shape index (κ3) is 4.65. The Hall–Kier alpha value is -1.89. The van der Waals surface area contributed by atoms with Gasteiger partial charge in [0.15, 0.2) is 0 Å². The Morgan fingerprint density at radius 3 is 3.05 bits per heavy atom. The van der Waals surface area contributed by atoms with Crippen molar-refractivity contribution in [3.8, 4) is 0 Å². The quantitative estimate of drug-likeness (QED) is 0.791. The number of nitrogens with one attached hydrogen (secondary N) is 3. The average molecular weight is 292 g/mol. The number of aromatic nitrogens is 4. The third-order valence-corrected chi connectivity index (χ3v) is 3.28. The average Bonchev–Trinajstić information content (AvgIpc) is 2.84. The topological polar surface area (TPSA) is 84.8 Å². The third-order valence-electron chi connectivity index (χ3n) is 2.43. The number of rotatable bonds is 6. The lowest BCUT2D eigenvalue weighted by atomic mass is 10.1. The van der Waals surface area contributed by atoms with Gasteiger partial charge < -0.3 is 0 Å². The van der Waals surface area contributed by atoms with Crippen molar-refractivity contribution in [3.63, 3.8) is 0 Å². The predicted molar refractivity (Wildman–Crippen MR) is 77.3 cm³/mol. The van der Waals surface area contributed by atoms with Crippen molar-refractivity contribution in [2.45, 2.75) is 25.4 Å². The van der Waals surface area contributed by atoms with Gasteiger partial charge in [-0.2, -0.15) is 0 Å². The first-order valence-electron chi connectivity index (χ1n) is 6.44. The fraction of sp³-hybridized carbons (Fsp3) is 0.385. The molecule has 0 aromatic carbocycles. The first-order chi connectivity index (χ1) is 9.63. The highest BCUT2D eigenvalue weighted by atomic mass is 32.2. The summed E-state index contributed by atoms with van der Waals surface area (Å²) in [4.78, 5) is 19.0. The summed E-state index contributed by atoms with van der Waals surface area (Å²) in [6, 6.07) is 5.51. The maximum atomic E-state index is 11.8. The largest absolute Gasteiger partial charge is 0.317 e. The number of pyridine rings is 1. The SMILES string of the molecule is CC(C)Cc1nc(SCC(=O)Nc2cccc[nH+]2)n[nH]1. The Morgan fingerprint density at radius 1 is 1.50 bits per heavy atom. The molecule has 0 unspecified atom stereocenters. The fourth-order valence-corrected chi connectivity index (χ4v) is 2.23. The van der Waals surface area contributed by atoms with Crippen molar-refractivity contribution in [2.24, 2.45) is 5.92 Å². The van der Waals surface area contributed by atoms with Crippen molar-refractivity contribution in [2.75, 3.05) is 11.1 Å². The molecule has 2 aromatic heterocycles. The highest BCUT2D eigenvalue weighted by molar-refractivity contribution is 7.99. The van der Waals surface area contributed by atoms with Crippen LogP contribution in [-0.4, -0.2) is 26.8 Å². The molecule has 0 aliphatic carbocycles. The summed E-state index contributed by atoms with van der Waals surface area (Å²) in [5.41, 5.74) is 0. The molecule has 0 saturated carbocycles. The van der Waals surface area contributed by atoms with Crippen LogP contribution < -0.4 is 10.3 Å². The first-order valence-corrected chi connectivity index (χ1v) is 7.42. The number of hydrogen-bond acceptors (Lipinski definition) is 4. The molecule has 0 bridgehead atoms. The Labute approximate surface area is 121 Å². The second kappa shape index (κ2) is 7.04. The molecule has 20 heavy (non-hydrogen) atoms. The van der Waals surface area contributed by atoms with E-state index in [-0.39, 0.29) is 11.7 Å². The van der Waals surface area contributed by atoms with Crippen LogP contribution >= 0.6 is 11.8 Å². The van der Waals surface area contributed by atoms with Gasteiger partial charge in [-0.1, -0.05) is 31.7 Å². The molecule has 3 N–H and O–H groups in total. The van der Waals surface area contributed by atoms with E-state index in [9.17, 15) is 4.79 Å². The number of thioether (sulfide) groups is 1. The summed E-state index contributed by atoms with van der Waals surface area (Å²) in [5, 5.41) is 10.4. The summed E-state index contributed by atoms with van der Waals surface area (Å²) in [6.07, 6.45) is 2.62. The highest BCUT2D eigenvalue weighted by Gasteiger charge is 2.12. The van der Waals surface area contributed by atoms with Crippen LogP contribution in [0.1, 0.15) is 19.7 Å². The lowest BCUT2D eigenvalue weighted by Gasteiger charge is -1.98. The Kier molecular flexibility index (Phi) is 5.11. The van der Waals surface area contributed by atoms with Gasteiger partial charge in [0, 0.05) is 12.5 Å². The molecule has 2 heterocycles. The first kappa shape index (κ1) is 14.5. The molecule has 6 nitrogen and oxygen atoms in total. The minimum absolute atomic E-state index is 0.0901. The number of aromatic amines is 2. The normalized spacial score (nSPS) is 10.8. The lowest BCUT2D eigenvalue weighted by Crippen LogP contribution is -2.20. The van der Waals surface area contributed by atoms with E-state index in [1.54, 1.807) is 12.3 Å². The monoisotopic (exact) mass is 292 g/mol. The lowest BCUT2D eigenvalue weighted by molar-refractivity contribution is -0.360. The van der Waals surface area contributed by atoms with Gasteiger partial charge in [0.1, 0.15) is 11.6 Å². The van der Waals surface area contributed by atoms with Gasteiger partial charge in [0.05, 0.1) is 6.20 Å². The summed E-state index contributed by atoms with van der Waals surface area (Å²) >= 11 is 1.32. The van der Waals surface area contributed by atoms with Crippen LogP contribution in [0, 0.1) is 5.92 Å². The second-order valence-electron chi connectivity index (χ2n) is 4.78. The molecule has 7 heteroatoms. The van der Waals surface area contributed by atoms with Crippen LogP contribution in [0.2, 0.25) is 0 Å². The number of H-pyrrole nitrogens is 2. The van der Waals surface area contributed by atoms with E-state index in [0.717, 1.165) is 12.2 Å². The molecule has 106 valence electrons. The fourth-order valence-electron chi connectivity index (χ4n) is 1.61. The van der Waals surface area contributed by atoms with Gasteiger partial charge >= 0.3 is 5.91 Å². The molecular formula is C13H18N5OS+. The number of nitrogens with zero attached hydrogens (tertiary/aromatic N) is 2. The van der Waals surface area contributed by atoms with E-state index in [0.29, 0.717) is 16.9 Å². The van der Waals surface area contributed by atoms with E-state index < -0.39 is 0 Å². The molecule has 0 radical (unpaired) electrons. The Bertz CT molecular complexity index is 555. The van der Waals surface area contributed by atoms with Crippen LogP contribution in [0.3, 0.4) is 0 Å². The molecule has 0 atom stereocenters. The van der Waals surface area contributed by atoms with Gasteiger partial charge in [-0.05, 0) is 12.0 Å². The van der Waals surface area contributed by atoms with Crippen LogP contribution in [0.15, 0.2) is 29.6 Å². The van der Waals surface area contributed by atoms with E-state index in [1.165, 1.54) is 11.8 Å². The van der Waals surface area contributed by atoms with Crippen molar-refractivity contribution < 1.29 is 9.78 Å².